The Morgan fingerprint density at radius 3 is 2.62 bits per heavy atom. The molecule has 0 unspecified atom stereocenters. The van der Waals surface area contributed by atoms with Crippen LogP contribution in [-0.2, 0) is 0 Å². The summed E-state index contributed by atoms with van der Waals surface area (Å²) in [6, 6.07) is 19.8. The maximum Gasteiger partial charge on any atom is 0.173 e. The molecular weight excluding hydrogens is 320 g/mol. The minimum atomic E-state index is 0.0879. The summed E-state index contributed by atoms with van der Waals surface area (Å²) in [4.78, 5) is 13.6. The minimum Gasteiger partial charge on any atom is -0.486 e. The third-order valence-corrected chi connectivity index (χ3v) is 5.05. The highest BCUT2D eigenvalue weighted by molar-refractivity contribution is 8.00. The van der Waals surface area contributed by atoms with Crippen molar-refractivity contribution in [2.45, 2.75) is 4.90 Å². The maximum absolute atomic E-state index is 12.5. The second-order valence-corrected chi connectivity index (χ2v) is 6.56. The topological polar surface area (TPSA) is 35.5 Å². The fraction of sp³-hybridized carbons (Fsp3) is 0.150. The zero-order chi connectivity index (χ0) is 16.4. The Morgan fingerprint density at radius 1 is 0.917 bits per heavy atom. The molecule has 0 aromatic heterocycles. The van der Waals surface area contributed by atoms with Gasteiger partial charge in [0.15, 0.2) is 17.3 Å². The molecule has 0 N–H and O–H groups in total. The summed E-state index contributed by atoms with van der Waals surface area (Å²) in [5.41, 5.74) is 0.659. The molecule has 120 valence electrons. The normalized spacial score (nSPS) is 13.0. The zero-order valence-corrected chi connectivity index (χ0v) is 13.8. The second-order valence-electron chi connectivity index (χ2n) is 5.55. The first-order valence-corrected chi connectivity index (χ1v) is 8.83. The second kappa shape index (κ2) is 6.57. The van der Waals surface area contributed by atoms with Crippen molar-refractivity contribution in [1.82, 2.24) is 0 Å². The molecule has 0 atom stereocenters. The third-order valence-electron chi connectivity index (χ3n) is 3.97. The van der Waals surface area contributed by atoms with Gasteiger partial charge in [0, 0.05) is 10.5 Å². The van der Waals surface area contributed by atoms with E-state index in [4.69, 9.17) is 9.47 Å². The number of fused-ring (bicyclic) bond motifs is 2. The van der Waals surface area contributed by atoms with Crippen LogP contribution < -0.4 is 9.47 Å². The van der Waals surface area contributed by atoms with E-state index in [2.05, 4.69) is 24.3 Å². The van der Waals surface area contributed by atoms with Gasteiger partial charge in [-0.15, -0.1) is 11.8 Å². The van der Waals surface area contributed by atoms with Gasteiger partial charge in [-0.2, -0.15) is 0 Å². The molecule has 3 aromatic carbocycles. The van der Waals surface area contributed by atoms with E-state index in [1.165, 1.54) is 10.8 Å². The van der Waals surface area contributed by atoms with Crippen LogP contribution >= 0.6 is 11.8 Å². The van der Waals surface area contributed by atoms with Gasteiger partial charge in [-0.05, 0) is 35.0 Å². The molecular formula is C20H16O3S. The lowest BCUT2D eigenvalue weighted by molar-refractivity contribution is 0.102. The largest absolute Gasteiger partial charge is 0.486 e. The highest BCUT2D eigenvalue weighted by Gasteiger charge is 2.15. The van der Waals surface area contributed by atoms with E-state index >= 15 is 0 Å². The number of carbonyl (C=O) groups is 1. The SMILES string of the molecule is O=C(CSc1cccc2ccccc12)c1ccc2c(c1)OCCO2. The highest BCUT2D eigenvalue weighted by atomic mass is 32.2. The number of hydrogen-bond acceptors (Lipinski definition) is 4. The van der Waals surface area contributed by atoms with Gasteiger partial charge in [0.25, 0.3) is 0 Å². The van der Waals surface area contributed by atoms with Crippen molar-refractivity contribution in [2.24, 2.45) is 0 Å². The quantitative estimate of drug-likeness (QED) is 0.516. The molecule has 3 nitrogen and oxygen atoms in total. The fourth-order valence-electron chi connectivity index (χ4n) is 2.76. The molecule has 1 heterocycles. The summed E-state index contributed by atoms with van der Waals surface area (Å²) in [5.74, 6) is 1.85. The Labute approximate surface area is 144 Å². The first-order valence-electron chi connectivity index (χ1n) is 7.85. The average molecular weight is 336 g/mol. The smallest absolute Gasteiger partial charge is 0.173 e. The zero-order valence-electron chi connectivity index (χ0n) is 13.0. The molecule has 24 heavy (non-hydrogen) atoms. The Hall–Kier alpha value is -2.46. The lowest BCUT2D eigenvalue weighted by Gasteiger charge is -2.18. The number of benzene rings is 3. The molecule has 0 aliphatic carbocycles. The number of carbonyl (C=O) groups excluding carboxylic acids is 1. The van der Waals surface area contributed by atoms with E-state index in [1.807, 2.05) is 24.3 Å². The van der Waals surface area contributed by atoms with Gasteiger partial charge in [0.2, 0.25) is 0 Å². The third kappa shape index (κ3) is 2.97. The van der Waals surface area contributed by atoms with Crippen molar-refractivity contribution < 1.29 is 14.3 Å². The fourth-order valence-corrected chi connectivity index (χ4v) is 3.73. The standard InChI is InChI=1S/C20H16O3S/c21-17(15-8-9-18-19(12-15)23-11-10-22-18)13-24-20-7-3-5-14-4-1-2-6-16(14)20/h1-9,12H,10-11,13H2. The molecule has 0 saturated carbocycles. The summed E-state index contributed by atoms with van der Waals surface area (Å²) >= 11 is 1.57. The summed E-state index contributed by atoms with van der Waals surface area (Å²) in [5, 5.41) is 2.37. The molecule has 4 rings (SSSR count). The van der Waals surface area contributed by atoms with Crippen LogP contribution in [0, 0.1) is 0 Å². The van der Waals surface area contributed by atoms with E-state index in [9.17, 15) is 4.79 Å². The van der Waals surface area contributed by atoms with E-state index in [1.54, 1.807) is 23.9 Å². The van der Waals surface area contributed by atoms with Crippen LogP contribution in [0.5, 0.6) is 11.5 Å². The van der Waals surface area contributed by atoms with Gasteiger partial charge in [-0.1, -0.05) is 36.4 Å². The molecule has 0 bridgehead atoms. The van der Waals surface area contributed by atoms with E-state index < -0.39 is 0 Å². The van der Waals surface area contributed by atoms with Crippen molar-refractivity contribution in [3.8, 4) is 11.5 Å². The Bertz CT molecular complexity index is 899. The van der Waals surface area contributed by atoms with Crippen LogP contribution in [0.25, 0.3) is 10.8 Å². The molecule has 4 heteroatoms. The van der Waals surface area contributed by atoms with Crippen molar-refractivity contribution in [3.63, 3.8) is 0 Å². The average Bonchev–Trinajstić information content (AvgIpc) is 2.65. The number of thioether (sulfide) groups is 1. The first kappa shape index (κ1) is 15.1. The molecule has 0 spiro atoms. The first-order chi connectivity index (χ1) is 11.8. The van der Waals surface area contributed by atoms with Gasteiger partial charge in [0.1, 0.15) is 13.2 Å². The lowest BCUT2D eigenvalue weighted by Crippen LogP contribution is -2.16. The van der Waals surface area contributed by atoms with Gasteiger partial charge in [-0.3, -0.25) is 4.79 Å². The van der Waals surface area contributed by atoms with Gasteiger partial charge >= 0.3 is 0 Å². The van der Waals surface area contributed by atoms with E-state index in [-0.39, 0.29) is 5.78 Å². The van der Waals surface area contributed by atoms with Crippen LogP contribution in [0.2, 0.25) is 0 Å². The van der Waals surface area contributed by atoms with Crippen molar-refractivity contribution >= 4 is 28.3 Å². The van der Waals surface area contributed by atoms with Crippen LogP contribution in [0.3, 0.4) is 0 Å². The predicted octanol–water partition coefficient (Wildman–Crippen LogP) is 4.59. The van der Waals surface area contributed by atoms with Crippen LogP contribution in [0.15, 0.2) is 65.6 Å². The molecule has 0 saturated heterocycles. The van der Waals surface area contributed by atoms with Gasteiger partial charge in [0.05, 0.1) is 5.75 Å². The van der Waals surface area contributed by atoms with Crippen LogP contribution in [-0.4, -0.2) is 24.7 Å². The van der Waals surface area contributed by atoms with Gasteiger partial charge < -0.3 is 9.47 Å². The van der Waals surface area contributed by atoms with Gasteiger partial charge in [-0.25, -0.2) is 0 Å². The highest BCUT2D eigenvalue weighted by Crippen LogP contribution is 2.32. The minimum absolute atomic E-state index is 0.0879. The number of Topliss-reactive ketones (excluding diaryl/α,β-unsaturated/α-hetero) is 1. The Kier molecular flexibility index (Phi) is 4.13. The number of ether oxygens (including phenoxy) is 2. The summed E-state index contributed by atoms with van der Waals surface area (Å²) in [6.45, 7) is 1.08. The number of ketones is 1. The van der Waals surface area contributed by atoms with E-state index in [0.29, 0.717) is 36.0 Å². The van der Waals surface area contributed by atoms with Crippen molar-refractivity contribution in [2.75, 3.05) is 19.0 Å². The van der Waals surface area contributed by atoms with E-state index in [0.717, 1.165) is 4.90 Å². The number of rotatable bonds is 4. The predicted molar refractivity (Wildman–Crippen MR) is 96.4 cm³/mol. The molecule has 1 aliphatic heterocycles. The van der Waals surface area contributed by atoms with Crippen molar-refractivity contribution in [1.29, 1.82) is 0 Å². The number of hydrogen-bond donors (Lipinski definition) is 0. The summed E-state index contributed by atoms with van der Waals surface area (Å²) in [6.07, 6.45) is 0. The monoisotopic (exact) mass is 336 g/mol. The lowest BCUT2D eigenvalue weighted by atomic mass is 10.1. The van der Waals surface area contributed by atoms with Crippen LogP contribution in [0.4, 0.5) is 0 Å². The maximum atomic E-state index is 12.5. The molecule has 0 amide bonds. The molecule has 1 aliphatic rings. The molecule has 0 fully saturated rings. The summed E-state index contributed by atoms with van der Waals surface area (Å²) in [7, 11) is 0. The van der Waals surface area contributed by atoms with Crippen LogP contribution in [0.1, 0.15) is 10.4 Å². The molecule has 0 radical (unpaired) electrons. The Morgan fingerprint density at radius 2 is 1.71 bits per heavy atom. The summed E-state index contributed by atoms with van der Waals surface area (Å²) < 4.78 is 11.0. The Balaban J connectivity index is 1.52. The molecule has 3 aromatic rings. The van der Waals surface area contributed by atoms with Crippen molar-refractivity contribution in [3.05, 3.63) is 66.2 Å².